The molecule has 0 aromatic heterocycles. The van der Waals surface area contributed by atoms with Crippen molar-refractivity contribution in [2.75, 3.05) is 5.32 Å². The third-order valence-corrected chi connectivity index (χ3v) is 6.62. The lowest BCUT2D eigenvalue weighted by molar-refractivity contribution is -0.115. The van der Waals surface area contributed by atoms with Crippen molar-refractivity contribution in [1.82, 2.24) is 5.32 Å². The minimum absolute atomic E-state index is 0.0187. The van der Waals surface area contributed by atoms with Gasteiger partial charge in [-0.3, -0.25) is 9.79 Å². The van der Waals surface area contributed by atoms with E-state index in [0.717, 1.165) is 42.9 Å². The molecular weight excluding hydrogens is 472 g/mol. The number of nitrogens with zero attached hydrogens (tertiary/aromatic N) is 1. The summed E-state index contributed by atoms with van der Waals surface area (Å²) in [4.78, 5) is 16.3. The van der Waals surface area contributed by atoms with Gasteiger partial charge >= 0.3 is 0 Å². The summed E-state index contributed by atoms with van der Waals surface area (Å²) in [5, 5.41) is 16.6. The summed E-state index contributed by atoms with van der Waals surface area (Å²) in [5.74, 6) is -2.66. The standard InChI is InChI=1S/C30H43F2N3O2/c1-6-9-10-13-22(12-7-2)26-18-23(19-29(37)35-26)25-20-24(16-15-21(25)4)34-28(36)14-11-17-33-27(8-3)30(5,31)32/h11,15-20,22,26,35,37H,6-10,12-14H2,1-5H3,(H,34,36)/b17-11-,33-27?. The van der Waals surface area contributed by atoms with Crippen LogP contribution in [0.3, 0.4) is 0 Å². The zero-order chi connectivity index (χ0) is 27.4. The Bertz CT molecular complexity index is 1020. The molecule has 0 spiro atoms. The Morgan fingerprint density at radius 1 is 1.22 bits per heavy atom. The van der Waals surface area contributed by atoms with Crippen LogP contribution in [0.25, 0.3) is 5.57 Å². The largest absolute Gasteiger partial charge is 0.495 e. The number of benzene rings is 1. The Morgan fingerprint density at radius 2 is 1.97 bits per heavy atom. The summed E-state index contributed by atoms with van der Waals surface area (Å²) < 4.78 is 26.8. The first-order chi connectivity index (χ1) is 17.6. The molecule has 1 aliphatic rings. The third kappa shape index (κ3) is 9.78. The van der Waals surface area contributed by atoms with Crippen LogP contribution in [0.5, 0.6) is 0 Å². The highest BCUT2D eigenvalue weighted by Gasteiger charge is 2.27. The molecule has 1 aliphatic heterocycles. The lowest BCUT2D eigenvalue weighted by Gasteiger charge is -2.30. The number of nitrogens with one attached hydrogen (secondary N) is 2. The number of aliphatic hydroxyl groups excluding tert-OH is 1. The molecule has 0 radical (unpaired) electrons. The number of amides is 1. The lowest BCUT2D eigenvalue weighted by Crippen LogP contribution is -2.36. The van der Waals surface area contributed by atoms with E-state index in [1.165, 1.54) is 31.5 Å². The Hall–Kier alpha value is -2.96. The summed E-state index contributed by atoms with van der Waals surface area (Å²) in [6.45, 7) is 8.84. The first-order valence-electron chi connectivity index (χ1n) is 13.5. The molecule has 0 aliphatic carbocycles. The molecule has 2 rings (SSSR count). The molecule has 3 N–H and O–H groups in total. The summed E-state index contributed by atoms with van der Waals surface area (Å²) in [6, 6.07) is 5.73. The molecule has 1 aromatic rings. The normalized spacial score (nSPS) is 17.3. The van der Waals surface area contributed by atoms with Gasteiger partial charge in [-0.25, -0.2) is 8.78 Å². The number of unbranched alkanes of at least 4 members (excludes halogenated alkanes) is 2. The molecule has 0 fully saturated rings. The Kier molecular flexibility index (Phi) is 12.0. The molecule has 0 saturated heterocycles. The van der Waals surface area contributed by atoms with Gasteiger partial charge in [-0.05, 0) is 60.9 Å². The van der Waals surface area contributed by atoms with Gasteiger partial charge in [0.05, 0.1) is 11.8 Å². The van der Waals surface area contributed by atoms with Gasteiger partial charge < -0.3 is 15.7 Å². The highest BCUT2D eigenvalue weighted by atomic mass is 19.3. The number of halogens is 2. The van der Waals surface area contributed by atoms with Gasteiger partial charge in [0.25, 0.3) is 5.92 Å². The average molecular weight is 516 g/mol. The Balaban J connectivity index is 2.16. The minimum Gasteiger partial charge on any atom is -0.495 e. The van der Waals surface area contributed by atoms with E-state index >= 15 is 0 Å². The number of carbonyl (C=O) groups excluding carboxylic acids is 1. The van der Waals surface area contributed by atoms with Crippen molar-refractivity contribution in [2.45, 2.75) is 97.9 Å². The van der Waals surface area contributed by atoms with E-state index in [4.69, 9.17) is 0 Å². The van der Waals surface area contributed by atoms with Gasteiger partial charge in [-0.1, -0.05) is 64.7 Å². The molecule has 7 heteroatoms. The number of aliphatic imine (C=N–C) groups is 1. The smallest absolute Gasteiger partial charge is 0.283 e. The maximum Gasteiger partial charge on any atom is 0.283 e. The first-order valence-corrected chi connectivity index (χ1v) is 13.5. The third-order valence-electron chi connectivity index (χ3n) is 6.62. The molecular formula is C30H43F2N3O2. The predicted octanol–water partition coefficient (Wildman–Crippen LogP) is 8.09. The summed E-state index contributed by atoms with van der Waals surface area (Å²) in [5.41, 5.74) is 3.32. The second-order valence-electron chi connectivity index (χ2n) is 9.85. The molecule has 2 unspecified atom stereocenters. The second kappa shape index (κ2) is 14.7. The van der Waals surface area contributed by atoms with Crippen molar-refractivity contribution in [2.24, 2.45) is 10.9 Å². The molecule has 2 atom stereocenters. The zero-order valence-corrected chi connectivity index (χ0v) is 22.9. The predicted molar refractivity (Wildman–Crippen MR) is 150 cm³/mol. The van der Waals surface area contributed by atoms with Crippen molar-refractivity contribution in [3.63, 3.8) is 0 Å². The molecule has 37 heavy (non-hydrogen) atoms. The number of dihydropyridines is 1. The second-order valence-corrected chi connectivity index (χ2v) is 9.85. The van der Waals surface area contributed by atoms with Crippen molar-refractivity contribution in [3.05, 3.63) is 59.6 Å². The Labute approximate surface area is 220 Å². The van der Waals surface area contributed by atoms with Crippen molar-refractivity contribution < 1.29 is 18.7 Å². The van der Waals surface area contributed by atoms with Crippen LogP contribution in [0, 0.1) is 12.8 Å². The van der Waals surface area contributed by atoms with E-state index < -0.39 is 5.92 Å². The fourth-order valence-corrected chi connectivity index (χ4v) is 4.64. The number of rotatable bonds is 14. The fraction of sp³-hybridized carbons (Fsp3) is 0.533. The van der Waals surface area contributed by atoms with E-state index in [2.05, 4.69) is 35.5 Å². The molecule has 0 saturated carbocycles. The van der Waals surface area contributed by atoms with Gasteiger partial charge in [-0.15, -0.1) is 0 Å². The summed E-state index contributed by atoms with van der Waals surface area (Å²) >= 11 is 0. The van der Waals surface area contributed by atoms with Gasteiger partial charge in [0.1, 0.15) is 0 Å². The number of aliphatic hydroxyl groups is 1. The van der Waals surface area contributed by atoms with Gasteiger partial charge in [0, 0.05) is 31.3 Å². The highest BCUT2D eigenvalue weighted by molar-refractivity contribution is 5.93. The van der Waals surface area contributed by atoms with E-state index in [-0.39, 0.29) is 36.4 Å². The van der Waals surface area contributed by atoms with Crippen LogP contribution in [0.2, 0.25) is 0 Å². The van der Waals surface area contributed by atoms with Crippen LogP contribution >= 0.6 is 0 Å². The van der Waals surface area contributed by atoms with Crippen LogP contribution in [0.15, 0.2) is 53.5 Å². The molecule has 1 amide bonds. The fourth-order valence-electron chi connectivity index (χ4n) is 4.64. The van der Waals surface area contributed by atoms with E-state index in [1.807, 2.05) is 25.1 Å². The van der Waals surface area contributed by atoms with Crippen molar-refractivity contribution in [3.8, 4) is 0 Å². The van der Waals surface area contributed by atoms with Crippen molar-refractivity contribution >= 4 is 22.9 Å². The maximum atomic E-state index is 13.4. The number of aryl methyl sites for hydroxylation is 1. The van der Waals surface area contributed by atoms with Crippen LogP contribution in [-0.2, 0) is 4.79 Å². The number of carbonyl (C=O) groups is 1. The molecule has 5 nitrogen and oxygen atoms in total. The number of anilines is 1. The van der Waals surface area contributed by atoms with Gasteiger partial charge in [-0.2, -0.15) is 0 Å². The van der Waals surface area contributed by atoms with E-state index in [9.17, 15) is 18.7 Å². The quantitative estimate of drug-likeness (QED) is 0.173. The summed E-state index contributed by atoms with van der Waals surface area (Å²) in [7, 11) is 0. The van der Waals surface area contributed by atoms with Gasteiger partial charge in [0.2, 0.25) is 5.91 Å². The summed E-state index contributed by atoms with van der Waals surface area (Å²) in [6.07, 6.45) is 13.7. The van der Waals surface area contributed by atoms with Crippen molar-refractivity contribution in [1.29, 1.82) is 0 Å². The number of hydrogen-bond donors (Lipinski definition) is 3. The van der Waals surface area contributed by atoms with Gasteiger partial charge in [0.15, 0.2) is 5.88 Å². The molecule has 1 aromatic carbocycles. The lowest BCUT2D eigenvalue weighted by atomic mass is 9.85. The molecule has 1 heterocycles. The van der Waals surface area contributed by atoms with E-state index in [0.29, 0.717) is 11.6 Å². The number of hydrogen-bond acceptors (Lipinski definition) is 4. The van der Waals surface area contributed by atoms with Crippen LogP contribution in [-0.4, -0.2) is 28.7 Å². The first kappa shape index (κ1) is 30.3. The number of allylic oxidation sites excluding steroid dienone is 2. The van der Waals surface area contributed by atoms with E-state index in [1.54, 1.807) is 13.0 Å². The molecule has 204 valence electrons. The van der Waals surface area contributed by atoms with Crippen LogP contribution in [0.4, 0.5) is 14.5 Å². The topological polar surface area (TPSA) is 73.7 Å². The average Bonchev–Trinajstić information content (AvgIpc) is 2.83. The Morgan fingerprint density at radius 3 is 2.62 bits per heavy atom. The van der Waals surface area contributed by atoms with Crippen LogP contribution in [0.1, 0.15) is 90.2 Å². The highest BCUT2D eigenvalue weighted by Crippen LogP contribution is 2.31. The zero-order valence-electron chi connectivity index (χ0n) is 22.9. The number of alkyl halides is 2. The monoisotopic (exact) mass is 515 g/mol. The molecule has 0 bridgehead atoms. The minimum atomic E-state index is -2.98. The van der Waals surface area contributed by atoms with Crippen LogP contribution < -0.4 is 10.6 Å². The maximum absolute atomic E-state index is 13.4. The SMILES string of the molecule is CCCCCC(CCC)C1C=C(c2cc(NC(=O)C/C=C\N=C(CC)C(C)(F)F)ccc2C)C=C(O)N1.